The van der Waals surface area contributed by atoms with E-state index in [1.807, 2.05) is 55.5 Å². The number of hydrogen-bond donors (Lipinski definition) is 1. The van der Waals surface area contributed by atoms with E-state index in [4.69, 9.17) is 9.47 Å². The van der Waals surface area contributed by atoms with Gasteiger partial charge in [-0.15, -0.1) is 0 Å². The molecule has 2 aromatic carbocycles. The lowest BCUT2D eigenvalue weighted by Gasteiger charge is -2.11. The second-order valence-corrected chi connectivity index (χ2v) is 5.67. The molecule has 0 spiro atoms. The number of para-hydroxylation sites is 1. The van der Waals surface area contributed by atoms with Crippen LogP contribution >= 0.6 is 0 Å². The zero-order valence-electron chi connectivity index (χ0n) is 14.5. The Balaban J connectivity index is 1.83. The highest BCUT2D eigenvalue weighted by Gasteiger charge is 2.13. The van der Waals surface area contributed by atoms with Gasteiger partial charge >= 0.3 is 0 Å². The Bertz CT molecular complexity index is 922. The number of fused-ring (bicyclic) bond motifs is 1. The van der Waals surface area contributed by atoms with Gasteiger partial charge in [0.2, 0.25) is 0 Å². The van der Waals surface area contributed by atoms with Crippen molar-refractivity contribution in [1.82, 2.24) is 10.3 Å². The maximum atomic E-state index is 12.6. The van der Waals surface area contributed by atoms with E-state index in [2.05, 4.69) is 10.3 Å². The van der Waals surface area contributed by atoms with Crippen LogP contribution < -0.4 is 14.8 Å². The smallest absolute Gasteiger partial charge is 0.253 e. The van der Waals surface area contributed by atoms with E-state index in [1.165, 1.54) is 0 Å². The standard InChI is InChI=1S/C20H20N2O3/c1-13-17(10-14-8-9-16(24-2)11-18(14)22-13)20(23)21-12-15-6-4-5-7-19(15)25-3/h4-11H,12H2,1-3H3,(H,21,23). The van der Waals surface area contributed by atoms with Gasteiger partial charge in [0, 0.05) is 23.6 Å². The number of carbonyl (C=O) groups excluding carboxylic acids is 1. The van der Waals surface area contributed by atoms with Crippen molar-refractivity contribution in [3.63, 3.8) is 0 Å². The molecule has 5 nitrogen and oxygen atoms in total. The fraction of sp³-hybridized carbons (Fsp3) is 0.200. The van der Waals surface area contributed by atoms with Crippen LogP contribution in [0.1, 0.15) is 21.6 Å². The monoisotopic (exact) mass is 336 g/mol. The molecule has 0 aliphatic rings. The van der Waals surface area contributed by atoms with E-state index in [1.54, 1.807) is 14.2 Å². The molecule has 128 valence electrons. The van der Waals surface area contributed by atoms with Crippen LogP contribution in [0, 0.1) is 6.92 Å². The lowest BCUT2D eigenvalue weighted by molar-refractivity contribution is 0.0950. The van der Waals surface area contributed by atoms with Crippen molar-refractivity contribution in [3.8, 4) is 11.5 Å². The van der Waals surface area contributed by atoms with Crippen molar-refractivity contribution in [2.45, 2.75) is 13.5 Å². The van der Waals surface area contributed by atoms with Gasteiger partial charge in [0.05, 0.1) is 31.0 Å². The van der Waals surface area contributed by atoms with Crippen molar-refractivity contribution < 1.29 is 14.3 Å². The predicted molar refractivity (Wildman–Crippen MR) is 97.2 cm³/mol. The molecule has 0 bridgehead atoms. The van der Waals surface area contributed by atoms with Crippen molar-refractivity contribution in [2.75, 3.05) is 14.2 Å². The van der Waals surface area contributed by atoms with Gasteiger partial charge in [-0.1, -0.05) is 18.2 Å². The third-order valence-electron chi connectivity index (χ3n) is 4.09. The number of aromatic nitrogens is 1. The van der Waals surface area contributed by atoms with Crippen LogP contribution in [0.15, 0.2) is 48.5 Å². The number of pyridine rings is 1. The molecule has 1 aromatic heterocycles. The van der Waals surface area contributed by atoms with E-state index in [0.29, 0.717) is 17.8 Å². The Morgan fingerprint density at radius 1 is 1.08 bits per heavy atom. The molecule has 0 saturated carbocycles. The summed E-state index contributed by atoms with van der Waals surface area (Å²) in [6, 6.07) is 15.1. The number of ether oxygens (including phenoxy) is 2. The molecule has 0 atom stereocenters. The summed E-state index contributed by atoms with van der Waals surface area (Å²) in [5, 5.41) is 3.83. The molecule has 3 rings (SSSR count). The summed E-state index contributed by atoms with van der Waals surface area (Å²) in [5.74, 6) is 1.34. The highest BCUT2D eigenvalue weighted by atomic mass is 16.5. The summed E-state index contributed by atoms with van der Waals surface area (Å²) in [4.78, 5) is 17.1. The third kappa shape index (κ3) is 3.55. The van der Waals surface area contributed by atoms with Crippen LogP contribution in [0.3, 0.4) is 0 Å². The summed E-state index contributed by atoms with van der Waals surface area (Å²) in [5.41, 5.74) is 2.97. The van der Waals surface area contributed by atoms with Gasteiger partial charge in [-0.25, -0.2) is 0 Å². The van der Waals surface area contributed by atoms with E-state index < -0.39 is 0 Å². The second-order valence-electron chi connectivity index (χ2n) is 5.67. The first kappa shape index (κ1) is 16.8. The molecule has 0 saturated heterocycles. The number of benzene rings is 2. The molecule has 0 fully saturated rings. The van der Waals surface area contributed by atoms with E-state index in [0.717, 1.165) is 28.0 Å². The van der Waals surface area contributed by atoms with Crippen LogP contribution in [0.25, 0.3) is 10.9 Å². The fourth-order valence-corrected chi connectivity index (χ4v) is 2.72. The van der Waals surface area contributed by atoms with Crippen LogP contribution in [-0.2, 0) is 6.54 Å². The molecule has 3 aromatic rings. The fourth-order valence-electron chi connectivity index (χ4n) is 2.72. The Hall–Kier alpha value is -3.08. The number of aryl methyl sites for hydroxylation is 1. The minimum atomic E-state index is -0.159. The summed E-state index contributed by atoms with van der Waals surface area (Å²) < 4.78 is 10.5. The van der Waals surface area contributed by atoms with Gasteiger partial charge in [0.25, 0.3) is 5.91 Å². The summed E-state index contributed by atoms with van der Waals surface area (Å²) in [7, 11) is 3.24. The van der Waals surface area contributed by atoms with E-state index >= 15 is 0 Å². The summed E-state index contributed by atoms with van der Waals surface area (Å²) in [6.45, 7) is 2.22. The number of rotatable bonds is 5. The first-order chi connectivity index (χ1) is 12.1. The number of hydrogen-bond acceptors (Lipinski definition) is 4. The predicted octanol–water partition coefficient (Wildman–Crippen LogP) is 3.49. The lowest BCUT2D eigenvalue weighted by Crippen LogP contribution is -2.24. The van der Waals surface area contributed by atoms with Crippen molar-refractivity contribution >= 4 is 16.8 Å². The van der Waals surface area contributed by atoms with Gasteiger partial charge in [-0.3, -0.25) is 9.78 Å². The van der Waals surface area contributed by atoms with Gasteiger partial charge in [-0.05, 0) is 31.2 Å². The van der Waals surface area contributed by atoms with Crippen molar-refractivity contribution in [2.24, 2.45) is 0 Å². The van der Waals surface area contributed by atoms with Crippen molar-refractivity contribution in [1.29, 1.82) is 0 Å². The number of nitrogens with zero attached hydrogens (tertiary/aromatic N) is 1. The zero-order chi connectivity index (χ0) is 17.8. The third-order valence-corrected chi connectivity index (χ3v) is 4.09. The normalized spacial score (nSPS) is 10.5. The molecule has 5 heteroatoms. The van der Waals surface area contributed by atoms with Crippen LogP contribution in [0.4, 0.5) is 0 Å². The van der Waals surface area contributed by atoms with E-state index in [-0.39, 0.29) is 5.91 Å². The van der Waals surface area contributed by atoms with Gasteiger partial charge in [-0.2, -0.15) is 0 Å². The van der Waals surface area contributed by atoms with Gasteiger partial charge < -0.3 is 14.8 Å². The Morgan fingerprint density at radius 3 is 2.64 bits per heavy atom. The molecular formula is C20H20N2O3. The molecule has 0 radical (unpaired) electrons. The molecule has 0 unspecified atom stereocenters. The molecule has 1 heterocycles. The van der Waals surface area contributed by atoms with E-state index in [9.17, 15) is 4.79 Å². The quantitative estimate of drug-likeness (QED) is 0.775. The highest BCUT2D eigenvalue weighted by molar-refractivity contribution is 5.98. The van der Waals surface area contributed by atoms with Crippen LogP contribution in [0.2, 0.25) is 0 Å². The average Bonchev–Trinajstić information content (AvgIpc) is 2.65. The molecule has 1 N–H and O–H groups in total. The number of methoxy groups -OCH3 is 2. The average molecular weight is 336 g/mol. The lowest BCUT2D eigenvalue weighted by atomic mass is 10.1. The second kappa shape index (κ2) is 7.21. The summed E-state index contributed by atoms with van der Waals surface area (Å²) >= 11 is 0. The highest BCUT2D eigenvalue weighted by Crippen LogP contribution is 2.22. The molecule has 0 aliphatic heterocycles. The SMILES string of the molecule is COc1ccc2cc(C(=O)NCc3ccccc3OC)c(C)nc2c1. The Labute approximate surface area is 146 Å². The Kier molecular flexibility index (Phi) is 4.84. The van der Waals surface area contributed by atoms with Gasteiger partial charge in [0.15, 0.2) is 0 Å². The maximum Gasteiger partial charge on any atom is 0.253 e. The minimum absolute atomic E-state index is 0.159. The molecule has 1 amide bonds. The minimum Gasteiger partial charge on any atom is -0.497 e. The Morgan fingerprint density at radius 2 is 1.88 bits per heavy atom. The first-order valence-electron chi connectivity index (χ1n) is 7.98. The van der Waals surface area contributed by atoms with Gasteiger partial charge in [0.1, 0.15) is 11.5 Å². The zero-order valence-corrected chi connectivity index (χ0v) is 14.5. The van der Waals surface area contributed by atoms with Crippen LogP contribution in [-0.4, -0.2) is 25.1 Å². The topological polar surface area (TPSA) is 60.5 Å². The summed E-state index contributed by atoms with van der Waals surface area (Å²) in [6.07, 6.45) is 0. The number of nitrogens with one attached hydrogen (secondary N) is 1. The maximum absolute atomic E-state index is 12.6. The number of amides is 1. The first-order valence-corrected chi connectivity index (χ1v) is 7.98. The van der Waals surface area contributed by atoms with Crippen molar-refractivity contribution in [3.05, 3.63) is 65.4 Å². The van der Waals surface area contributed by atoms with Crippen LogP contribution in [0.5, 0.6) is 11.5 Å². The number of carbonyl (C=O) groups is 1. The molecule has 0 aliphatic carbocycles. The molecular weight excluding hydrogens is 316 g/mol. The molecule has 25 heavy (non-hydrogen) atoms. The largest absolute Gasteiger partial charge is 0.497 e.